The summed E-state index contributed by atoms with van der Waals surface area (Å²) in [7, 11) is 0. The number of fused-ring (bicyclic) bond motifs is 2. The molecule has 1 N–H and O–H groups in total. The molecule has 1 aliphatic heterocycles. The molecule has 4 nitrogen and oxygen atoms in total. The lowest BCUT2D eigenvalue weighted by molar-refractivity contribution is -0.149. The molecule has 0 bridgehead atoms. The number of rotatable bonds is 3. The molecule has 0 spiro atoms. The van der Waals surface area contributed by atoms with Crippen molar-refractivity contribution < 1.29 is 14.7 Å². The van der Waals surface area contributed by atoms with E-state index in [2.05, 4.69) is 30.3 Å². The summed E-state index contributed by atoms with van der Waals surface area (Å²) in [5.41, 5.74) is 0.577. The summed E-state index contributed by atoms with van der Waals surface area (Å²) in [6, 6.07) is 14.6. The van der Waals surface area contributed by atoms with Crippen molar-refractivity contribution >= 4 is 22.6 Å². The molecule has 2 aromatic carbocycles. The van der Waals surface area contributed by atoms with Gasteiger partial charge in [-0.15, -0.1) is 0 Å². The highest BCUT2D eigenvalue weighted by atomic mass is 16.4. The number of carbonyl (C=O) groups is 2. The van der Waals surface area contributed by atoms with Crippen LogP contribution in [-0.4, -0.2) is 35.0 Å². The fourth-order valence-electron chi connectivity index (χ4n) is 5.43. The second-order valence-electron chi connectivity index (χ2n) is 8.29. The Balaban J connectivity index is 1.36. The van der Waals surface area contributed by atoms with E-state index in [1.54, 1.807) is 0 Å². The van der Waals surface area contributed by atoms with E-state index in [0.717, 1.165) is 19.3 Å². The van der Waals surface area contributed by atoms with Crippen LogP contribution >= 0.6 is 0 Å². The summed E-state index contributed by atoms with van der Waals surface area (Å²) in [6.07, 6.45) is 3.51. The van der Waals surface area contributed by atoms with Gasteiger partial charge in [-0.3, -0.25) is 9.59 Å². The van der Waals surface area contributed by atoms with E-state index in [1.807, 2.05) is 17.0 Å². The minimum absolute atomic E-state index is 0.0190. The fourth-order valence-corrected chi connectivity index (χ4v) is 5.43. The lowest BCUT2D eigenvalue weighted by Gasteiger charge is -2.23. The van der Waals surface area contributed by atoms with E-state index in [0.29, 0.717) is 19.5 Å². The van der Waals surface area contributed by atoms with Gasteiger partial charge in [0.2, 0.25) is 5.91 Å². The number of aliphatic carboxylic acids is 1. The highest BCUT2D eigenvalue weighted by Gasteiger charge is 2.58. The Morgan fingerprint density at radius 3 is 2.73 bits per heavy atom. The first-order chi connectivity index (χ1) is 12.6. The van der Waals surface area contributed by atoms with Crippen molar-refractivity contribution in [2.45, 2.75) is 31.6 Å². The van der Waals surface area contributed by atoms with Gasteiger partial charge < -0.3 is 10.0 Å². The number of carboxylic acid groups (broad SMARTS) is 1. The number of nitrogens with zero attached hydrogens (tertiary/aromatic N) is 1. The molecule has 26 heavy (non-hydrogen) atoms. The third-order valence-corrected chi connectivity index (χ3v) is 6.94. The molecular formula is C22H23NO3. The monoisotopic (exact) mass is 349 g/mol. The van der Waals surface area contributed by atoms with E-state index >= 15 is 0 Å². The van der Waals surface area contributed by atoms with Crippen molar-refractivity contribution in [3.8, 4) is 0 Å². The molecule has 3 aliphatic rings. The molecule has 0 radical (unpaired) electrons. The third-order valence-electron chi connectivity index (χ3n) is 6.94. The molecule has 1 heterocycles. The maximum Gasteiger partial charge on any atom is 0.311 e. The van der Waals surface area contributed by atoms with Crippen LogP contribution in [0.25, 0.3) is 10.8 Å². The van der Waals surface area contributed by atoms with Gasteiger partial charge in [-0.05, 0) is 47.4 Å². The first-order valence-electron chi connectivity index (χ1n) is 9.60. The van der Waals surface area contributed by atoms with Gasteiger partial charge in [0.1, 0.15) is 0 Å². The van der Waals surface area contributed by atoms with Crippen LogP contribution in [0.3, 0.4) is 0 Å². The molecule has 2 saturated carbocycles. The fraction of sp³-hybridized carbons (Fsp3) is 0.455. The van der Waals surface area contributed by atoms with E-state index in [-0.39, 0.29) is 23.7 Å². The van der Waals surface area contributed by atoms with Crippen molar-refractivity contribution in [1.29, 1.82) is 0 Å². The first-order valence-corrected chi connectivity index (χ1v) is 9.60. The second-order valence-corrected chi connectivity index (χ2v) is 8.29. The molecule has 2 aliphatic carbocycles. The summed E-state index contributed by atoms with van der Waals surface area (Å²) in [4.78, 5) is 26.8. The molecule has 134 valence electrons. The molecular weight excluding hydrogens is 326 g/mol. The minimum Gasteiger partial charge on any atom is -0.481 e. The number of likely N-dealkylation sites (tertiary alicyclic amines) is 1. The van der Waals surface area contributed by atoms with Crippen LogP contribution in [0.2, 0.25) is 0 Å². The smallest absolute Gasteiger partial charge is 0.311 e. The largest absolute Gasteiger partial charge is 0.481 e. The van der Waals surface area contributed by atoms with Crippen LogP contribution in [-0.2, 0) is 9.59 Å². The van der Waals surface area contributed by atoms with Crippen LogP contribution in [0, 0.1) is 17.3 Å². The van der Waals surface area contributed by atoms with Crippen LogP contribution in [0.1, 0.15) is 37.2 Å². The molecule has 5 rings (SSSR count). The minimum atomic E-state index is -0.711. The van der Waals surface area contributed by atoms with Gasteiger partial charge in [0.05, 0.1) is 5.41 Å². The number of amides is 1. The van der Waals surface area contributed by atoms with Crippen LogP contribution in [0.15, 0.2) is 42.5 Å². The molecule has 4 heteroatoms. The summed E-state index contributed by atoms with van der Waals surface area (Å²) in [6.45, 7) is 1.04. The third kappa shape index (κ3) is 2.21. The average molecular weight is 349 g/mol. The number of carbonyl (C=O) groups excluding carboxylic acids is 1. The Morgan fingerprint density at radius 2 is 1.92 bits per heavy atom. The van der Waals surface area contributed by atoms with Gasteiger partial charge in [0.25, 0.3) is 0 Å². The van der Waals surface area contributed by atoms with Gasteiger partial charge in [-0.1, -0.05) is 48.9 Å². The van der Waals surface area contributed by atoms with Gasteiger partial charge >= 0.3 is 5.97 Å². The van der Waals surface area contributed by atoms with Crippen LogP contribution in [0.4, 0.5) is 0 Å². The average Bonchev–Trinajstić information content (AvgIpc) is 3.18. The Hall–Kier alpha value is -2.36. The van der Waals surface area contributed by atoms with E-state index < -0.39 is 11.4 Å². The molecule has 2 unspecified atom stereocenters. The van der Waals surface area contributed by atoms with E-state index in [1.165, 1.54) is 16.3 Å². The molecule has 0 aromatic heterocycles. The SMILES string of the molecule is O=C(C1CC1c1cccc2ccccc12)N1C[C@@H]2CCC[C@@]2(C(=O)O)C1. The lowest BCUT2D eigenvalue weighted by atomic mass is 9.81. The highest BCUT2D eigenvalue weighted by Crippen LogP contribution is 2.53. The van der Waals surface area contributed by atoms with Gasteiger partial charge in [0.15, 0.2) is 0 Å². The van der Waals surface area contributed by atoms with Crippen molar-refractivity contribution in [2.75, 3.05) is 13.1 Å². The molecule has 1 saturated heterocycles. The number of hydrogen-bond acceptors (Lipinski definition) is 2. The van der Waals surface area contributed by atoms with Crippen LogP contribution < -0.4 is 0 Å². The van der Waals surface area contributed by atoms with Crippen LogP contribution in [0.5, 0.6) is 0 Å². The van der Waals surface area contributed by atoms with Crippen molar-refractivity contribution in [3.05, 3.63) is 48.0 Å². The Morgan fingerprint density at radius 1 is 1.12 bits per heavy atom. The second kappa shape index (κ2) is 5.57. The molecule has 1 amide bonds. The zero-order valence-electron chi connectivity index (χ0n) is 14.7. The van der Waals surface area contributed by atoms with Gasteiger partial charge in [-0.25, -0.2) is 0 Å². The van der Waals surface area contributed by atoms with E-state index in [9.17, 15) is 14.7 Å². The molecule has 2 aromatic rings. The molecule has 3 fully saturated rings. The van der Waals surface area contributed by atoms with Crippen molar-refractivity contribution in [2.24, 2.45) is 17.3 Å². The first kappa shape index (κ1) is 15.9. The maximum atomic E-state index is 13.1. The Kier molecular flexibility index (Phi) is 3.40. The topological polar surface area (TPSA) is 57.6 Å². The van der Waals surface area contributed by atoms with Gasteiger partial charge in [0, 0.05) is 19.0 Å². The maximum absolute atomic E-state index is 13.1. The molecule has 4 atom stereocenters. The quantitative estimate of drug-likeness (QED) is 0.920. The number of carboxylic acids is 1. The zero-order valence-corrected chi connectivity index (χ0v) is 14.7. The Bertz CT molecular complexity index is 902. The Labute approximate surface area is 152 Å². The predicted octanol–water partition coefficient (Wildman–Crippen LogP) is 3.66. The standard InChI is InChI=1S/C22H23NO3/c24-20(23-12-15-7-4-10-22(15,13-23)21(25)26)19-11-18(19)17-9-3-6-14-5-1-2-8-16(14)17/h1-3,5-6,8-9,15,18-19H,4,7,10-13H2,(H,25,26)/t15-,18?,19?,22+/m0/s1. The van der Waals surface area contributed by atoms with Gasteiger partial charge in [-0.2, -0.15) is 0 Å². The normalized spacial score (nSPS) is 32.6. The number of hydrogen-bond donors (Lipinski definition) is 1. The highest BCUT2D eigenvalue weighted by molar-refractivity contribution is 5.90. The lowest BCUT2D eigenvalue weighted by Crippen LogP contribution is -2.37. The summed E-state index contributed by atoms with van der Waals surface area (Å²) in [5.74, 6) is -0.117. The summed E-state index contributed by atoms with van der Waals surface area (Å²) in [5, 5.41) is 12.2. The van der Waals surface area contributed by atoms with E-state index in [4.69, 9.17) is 0 Å². The summed E-state index contributed by atoms with van der Waals surface area (Å²) >= 11 is 0. The zero-order chi connectivity index (χ0) is 17.9. The number of benzene rings is 2. The van der Waals surface area contributed by atoms with Crippen molar-refractivity contribution in [3.63, 3.8) is 0 Å². The summed E-state index contributed by atoms with van der Waals surface area (Å²) < 4.78 is 0. The predicted molar refractivity (Wildman–Crippen MR) is 98.8 cm³/mol. The van der Waals surface area contributed by atoms with Crippen molar-refractivity contribution in [1.82, 2.24) is 4.90 Å².